The molecule has 0 aliphatic heterocycles. The molecule has 0 amide bonds. The van der Waals surface area contributed by atoms with Crippen LogP contribution in [0.3, 0.4) is 0 Å². The van der Waals surface area contributed by atoms with Gasteiger partial charge in [-0.15, -0.1) is 0 Å². The molecule has 0 fully saturated rings. The van der Waals surface area contributed by atoms with Crippen LogP contribution in [0.1, 0.15) is 0 Å². The summed E-state index contributed by atoms with van der Waals surface area (Å²) in [6.45, 7) is 0. The Hall–Kier alpha value is -7.76. The molecule has 0 aliphatic carbocycles. The van der Waals surface area contributed by atoms with Gasteiger partial charge >= 0.3 is 0 Å². The Morgan fingerprint density at radius 2 is 1.04 bits per heavy atom. The molecule has 0 saturated heterocycles. The Kier molecular flexibility index (Phi) is 6.86. The summed E-state index contributed by atoms with van der Waals surface area (Å²) in [5, 5.41) is 10.2. The van der Waals surface area contributed by atoms with Gasteiger partial charge in [0.1, 0.15) is 5.65 Å². The maximum atomic E-state index is 5.29. The van der Waals surface area contributed by atoms with Gasteiger partial charge in [0.2, 0.25) is 0 Å². The second kappa shape index (κ2) is 12.4. The van der Waals surface area contributed by atoms with E-state index < -0.39 is 0 Å². The summed E-state index contributed by atoms with van der Waals surface area (Å²) in [7, 11) is 0. The molecule has 0 unspecified atom stereocenters. The van der Waals surface area contributed by atoms with Crippen molar-refractivity contribution in [2.24, 2.45) is 0 Å². The first-order valence-electron chi connectivity index (χ1n) is 19.2. The Bertz CT molecular complexity index is 3510. The van der Waals surface area contributed by atoms with E-state index in [1.165, 1.54) is 32.7 Å². The molecule has 0 bridgehead atoms. The monoisotopic (exact) mass is 725 g/mol. The van der Waals surface area contributed by atoms with E-state index in [0.717, 1.165) is 82.8 Å². The van der Waals surface area contributed by atoms with Crippen LogP contribution in [0.25, 0.3) is 115 Å². The summed E-state index contributed by atoms with van der Waals surface area (Å²) in [6.07, 6.45) is 7.93. The van der Waals surface area contributed by atoms with Gasteiger partial charge in [-0.2, -0.15) is 0 Å². The molecule has 5 nitrogen and oxygen atoms in total. The lowest BCUT2D eigenvalue weighted by Gasteiger charge is -2.19. The fourth-order valence-electron chi connectivity index (χ4n) is 8.95. The Morgan fingerprint density at radius 3 is 1.79 bits per heavy atom. The molecule has 0 spiro atoms. The lowest BCUT2D eigenvalue weighted by atomic mass is 9.84. The van der Waals surface area contributed by atoms with Gasteiger partial charge in [0.15, 0.2) is 0 Å². The maximum Gasteiger partial charge on any atom is 0.146 e. The summed E-state index contributed by atoms with van der Waals surface area (Å²) in [6, 6.07) is 58.2. The number of rotatable bonds is 4. The van der Waals surface area contributed by atoms with Crippen LogP contribution in [0.15, 0.2) is 189 Å². The quantitative estimate of drug-likeness (QED) is 0.134. The molecule has 0 N–H and O–H groups in total. The summed E-state index contributed by atoms with van der Waals surface area (Å²) < 4.78 is 2.14. The standard InChI is InChI=1S/C52H31N5/c1-2-12-32(13-3-1)45-31-57-29-26-42-48(52(57)56-45)41-19-8-9-21-44(41)55-49(42)34-24-22-33(23-25-34)46-36-15-4-6-17-38(36)47(39-18-7-5-16-37(39)46)43-30-35-14-10-27-53-50(35)51-40(43)20-11-28-54-51/h1-31H. The normalized spacial score (nSPS) is 11.9. The molecule has 5 heterocycles. The Balaban J connectivity index is 1.06. The lowest BCUT2D eigenvalue weighted by molar-refractivity contribution is 1.20. The largest absolute Gasteiger partial charge is 0.306 e. The fraction of sp³-hybridized carbons (Fsp3) is 0. The van der Waals surface area contributed by atoms with E-state index in [9.17, 15) is 0 Å². The average Bonchev–Trinajstić information content (AvgIpc) is 3.73. The van der Waals surface area contributed by atoms with Gasteiger partial charge in [-0.25, -0.2) is 9.97 Å². The molecule has 7 aromatic carbocycles. The highest BCUT2D eigenvalue weighted by Crippen LogP contribution is 2.46. The number of hydrogen-bond donors (Lipinski definition) is 0. The van der Waals surface area contributed by atoms with Crippen molar-refractivity contribution in [3.8, 4) is 44.8 Å². The van der Waals surface area contributed by atoms with Gasteiger partial charge < -0.3 is 4.40 Å². The second-order valence-electron chi connectivity index (χ2n) is 14.6. The predicted octanol–water partition coefficient (Wildman–Crippen LogP) is 13.1. The van der Waals surface area contributed by atoms with Crippen molar-refractivity contribution >= 4 is 70.7 Å². The smallest absolute Gasteiger partial charge is 0.146 e. The van der Waals surface area contributed by atoms with Gasteiger partial charge in [0, 0.05) is 62.8 Å². The zero-order valence-electron chi connectivity index (χ0n) is 30.6. The first kappa shape index (κ1) is 31.6. The van der Waals surface area contributed by atoms with Crippen LogP contribution in [-0.4, -0.2) is 24.3 Å². The van der Waals surface area contributed by atoms with Crippen LogP contribution in [0.4, 0.5) is 0 Å². The zero-order chi connectivity index (χ0) is 37.5. The van der Waals surface area contributed by atoms with Crippen LogP contribution < -0.4 is 0 Å². The van der Waals surface area contributed by atoms with Crippen molar-refractivity contribution < 1.29 is 0 Å². The van der Waals surface area contributed by atoms with Crippen LogP contribution in [0.5, 0.6) is 0 Å². The molecule has 5 aromatic heterocycles. The Morgan fingerprint density at radius 1 is 0.421 bits per heavy atom. The number of fused-ring (bicyclic) bond motifs is 10. The van der Waals surface area contributed by atoms with Gasteiger partial charge in [-0.05, 0) is 74.1 Å². The van der Waals surface area contributed by atoms with Crippen LogP contribution >= 0.6 is 0 Å². The number of nitrogens with zero attached hydrogens (tertiary/aromatic N) is 5. The third kappa shape index (κ3) is 4.82. The first-order valence-corrected chi connectivity index (χ1v) is 19.2. The first-order chi connectivity index (χ1) is 28.3. The molecule has 57 heavy (non-hydrogen) atoms. The number of aromatic nitrogens is 5. The lowest BCUT2D eigenvalue weighted by Crippen LogP contribution is -1.94. The van der Waals surface area contributed by atoms with Gasteiger partial charge in [-0.1, -0.05) is 133 Å². The van der Waals surface area contributed by atoms with Crippen molar-refractivity contribution in [3.05, 3.63) is 189 Å². The molecule has 0 saturated carbocycles. The van der Waals surface area contributed by atoms with Crippen LogP contribution in [-0.2, 0) is 0 Å². The number of pyridine rings is 4. The van der Waals surface area contributed by atoms with E-state index in [1.807, 2.05) is 30.6 Å². The summed E-state index contributed by atoms with van der Waals surface area (Å²) in [5.41, 5.74) is 12.5. The SMILES string of the molecule is c1ccc(-c2cn3ccc4c(-c5ccc(-c6c7ccccc7c(-c7cc8cccnc8c8ncccc78)c7ccccc67)cc5)nc5ccccc5c4c3n2)cc1. The van der Waals surface area contributed by atoms with E-state index in [4.69, 9.17) is 19.9 Å². The highest BCUT2D eigenvalue weighted by atomic mass is 15.0. The van der Waals surface area contributed by atoms with E-state index in [-0.39, 0.29) is 0 Å². The molecule has 0 radical (unpaired) electrons. The van der Waals surface area contributed by atoms with Crippen molar-refractivity contribution in [3.63, 3.8) is 0 Å². The fourth-order valence-corrected chi connectivity index (χ4v) is 8.95. The van der Waals surface area contributed by atoms with Crippen molar-refractivity contribution in [2.45, 2.75) is 0 Å². The molecule has 12 rings (SSSR count). The maximum absolute atomic E-state index is 5.29. The third-order valence-electron chi connectivity index (χ3n) is 11.5. The third-order valence-corrected chi connectivity index (χ3v) is 11.5. The molecule has 5 heteroatoms. The number of imidazole rings is 1. The second-order valence-corrected chi connectivity index (χ2v) is 14.6. The molecular formula is C52H31N5. The molecule has 0 aliphatic rings. The van der Waals surface area contributed by atoms with Crippen molar-refractivity contribution in [1.82, 2.24) is 24.3 Å². The number of hydrogen-bond acceptors (Lipinski definition) is 4. The van der Waals surface area contributed by atoms with Gasteiger partial charge in [-0.3, -0.25) is 9.97 Å². The minimum Gasteiger partial charge on any atom is -0.306 e. The number of para-hydroxylation sites is 1. The van der Waals surface area contributed by atoms with Crippen LogP contribution in [0.2, 0.25) is 0 Å². The molecule has 264 valence electrons. The minimum atomic E-state index is 0.915. The van der Waals surface area contributed by atoms with Gasteiger partial charge in [0.25, 0.3) is 0 Å². The average molecular weight is 726 g/mol. The van der Waals surface area contributed by atoms with Gasteiger partial charge in [0.05, 0.1) is 27.9 Å². The molecule has 12 aromatic rings. The van der Waals surface area contributed by atoms with E-state index in [2.05, 4.69) is 162 Å². The van der Waals surface area contributed by atoms with E-state index in [0.29, 0.717) is 0 Å². The summed E-state index contributed by atoms with van der Waals surface area (Å²) in [4.78, 5) is 20.1. The van der Waals surface area contributed by atoms with Crippen LogP contribution in [0, 0.1) is 0 Å². The topological polar surface area (TPSA) is 56.0 Å². The van der Waals surface area contributed by atoms with E-state index >= 15 is 0 Å². The molecular weight excluding hydrogens is 695 g/mol. The zero-order valence-corrected chi connectivity index (χ0v) is 30.6. The number of benzene rings is 7. The highest BCUT2D eigenvalue weighted by molar-refractivity contribution is 6.25. The summed E-state index contributed by atoms with van der Waals surface area (Å²) >= 11 is 0. The molecule has 0 atom stereocenters. The summed E-state index contributed by atoms with van der Waals surface area (Å²) in [5.74, 6) is 0. The highest BCUT2D eigenvalue weighted by Gasteiger charge is 2.21. The van der Waals surface area contributed by atoms with E-state index in [1.54, 1.807) is 0 Å². The minimum absolute atomic E-state index is 0.915. The van der Waals surface area contributed by atoms with Crippen molar-refractivity contribution in [1.29, 1.82) is 0 Å². The van der Waals surface area contributed by atoms with Crippen molar-refractivity contribution in [2.75, 3.05) is 0 Å². The Labute approximate surface area is 327 Å². The predicted molar refractivity (Wildman–Crippen MR) is 235 cm³/mol.